The molecule has 3 nitrogen and oxygen atoms in total. The third kappa shape index (κ3) is 3.65. The van der Waals surface area contributed by atoms with E-state index in [1.54, 1.807) is 11.3 Å². The number of thiophene rings is 1. The molecule has 0 aliphatic heterocycles. The number of anilines is 1. The summed E-state index contributed by atoms with van der Waals surface area (Å²) >= 11 is 1.61. The van der Waals surface area contributed by atoms with Gasteiger partial charge in [0.05, 0.1) is 5.56 Å². The van der Waals surface area contributed by atoms with Crippen LogP contribution in [0.15, 0.2) is 0 Å². The van der Waals surface area contributed by atoms with Crippen LogP contribution >= 0.6 is 11.3 Å². The smallest absolute Gasteiger partial charge is 0.228 e. The van der Waals surface area contributed by atoms with Crippen LogP contribution in [0.3, 0.4) is 0 Å². The van der Waals surface area contributed by atoms with Crippen molar-refractivity contribution < 1.29 is 4.79 Å². The van der Waals surface area contributed by atoms with E-state index in [0.29, 0.717) is 5.56 Å². The minimum Gasteiger partial charge on any atom is -0.316 e. The molecule has 1 heterocycles. The monoisotopic (exact) mass is 304 g/mol. The third-order valence-electron chi connectivity index (χ3n) is 4.29. The van der Waals surface area contributed by atoms with Crippen molar-refractivity contribution in [1.29, 1.82) is 5.26 Å². The first-order valence-electron chi connectivity index (χ1n) is 8.06. The molecule has 21 heavy (non-hydrogen) atoms. The van der Waals surface area contributed by atoms with Crippen LogP contribution < -0.4 is 5.32 Å². The lowest BCUT2D eigenvalue weighted by molar-refractivity contribution is -0.120. The van der Waals surface area contributed by atoms with Crippen molar-refractivity contribution in [2.24, 2.45) is 5.92 Å². The Balaban J connectivity index is 2.13. The van der Waals surface area contributed by atoms with Gasteiger partial charge in [0, 0.05) is 10.8 Å². The fourth-order valence-corrected chi connectivity index (χ4v) is 4.20. The summed E-state index contributed by atoms with van der Waals surface area (Å²) in [7, 11) is 0. The molecular formula is C17H24N2OS. The molecule has 0 aromatic carbocycles. The highest BCUT2D eigenvalue weighted by atomic mass is 32.1. The first-order valence-corrected chi connectivity index (χ1v) is 8.88. The van der Waals surface area contributed by atoms with Gasteiger partial charge in [-0.05, 0) is 44.1 Å². The molecule has 1 aliphatic rings. The predicted octanol–water partition coefficient (Wildman–Crippen LogP) is 4.65. The zero-order valence-electron chi connectivity index (χ0n) is 13.0. The molecule has 0 saturated carbocycles. The van der Waals surface area contributed by atoms with Crippen molar-refractivity contribution >= 4 is 22.2 Å². The lowest BCUT2D eigenvalue weighted by atomic mass is 9.95. The number of unbranched alkanes of at least 4 members (excludes halogenated alkanes) is 1. The van der Waals surface area contributed by atoms with Gasteiger partial charge in [-0.2, -0.15) is 5.26 Å². The van der Waals surface area contributed by atoms with Gasteiger partial charge in [-0.1, -0.05) is 26.7 Å². The van der Waals surface area contributed by atoms with Gasteiger partial charge in [0.25, 0.3) is 0 Å². The summed E-state index contributed by atoms with van der Waals surface area (Å²) in [4.78, 5) is 13.7. The summed E-state index contributed by atoms with van der Waals surface area (Å²) in [5.41, 5.74) is 1.90. The highest BCUT2D eigenvalue weighted by Gasteiger charge is 2.23. The maximum absolute atomic E-state index is 12.4. The van der Waals surface area contributed by atoms with Gasteiger partial charge in [0.15, 0.2) is 0 Å². The minimum absolute atomic E-state index is 0.0654. The highest BCUT2D eigenvalue weighted by Crippen LogP contribution is 2.37. The summed E-state index contributed by atoms with van der Waals surface area (Å²) in [5.74, 6) is 0.150. The summed E-state index contributed by atoms with van der Waals surface area (Å²) in [6.45, 7) is 4.20. The Kier molecular flexibility index (Phi) is 5.81. The van der Waals surface area contributed by atoms with E-state index in [9.17, 15) is 10.1 Å². The molecule has 0 spiro atoms. The number of rotatable bonds is 6. The van der Waals surface area contributed by atoms with Crippen LogP contribution in [0.25, 0.3) is 0 Å². The molecule has 1 aromatic heterocycles. The molecule has 1 unspecified atom stereocenters. The number of nitrogens with zero attached hydrogens (tertiary/aromatic N) is 1. The van der Waals surface area contributed by atoms with Crippen molar-refractivity contribution in [2.45, 2.75) is 65.2 Å². The Morgan fingerprint density at radius 2 is 2.14 bits per heavy atom. The van der Waals surface area contributed by atoms with Gasteiger partial charge in [0.2, 0.25) is 5.91 Å². The normalized spacial score (nSPS) is 15.1. The average molecular weight is 304 g/mol. The highest BCUT2D eigenvalue weighted by molar-refractivity contribution is 7.16. The van der Waals surface area contributed by atoms with Crippen molar-refractivity contribution in [3.63, 3.8) is 0 Å². The summed E-state index contributed by atoms with van der Waals surface area (Å²) in [6, 6.07) is 2.30. The van der Waals surface area contributed by atoms with Crippen LogP contribution in [0.4, 0.5) is 5.00 Å². The van der Waals surface area contributed by atoms with E-state index in [2.05, 4.69) is 25.2 Å². The molecule has 1 N–H and O–H groups in total. The largest absolute Gasteiger partial charge is 0.316 e. The van der Waals surface area contributed by atoms with Gasteiger partial charge < -0.3 is 5.32 Å². The number of carbonyl (C=O) groups is 1. The van der Waals surface area contributed by atoms with E-state index in [4.69, 9.17) is 0 Å². The van der Waals surface area contributed by atoms with E-state index < -0.39 is 0 Å². The van der Waals surface area contributed by atoms with Crippen LogP contribution in [-0.4, -0.2) is 5.91 Å². The number of aryl methyl sites for hydroxylation is 1. The van der Waals surface area contributed by atoms with Crippen molar-refractivity contribution in [3.8, 4) is 6.07 Å². The SMILES string of the molecule is CCCCC(CC)C(=O)Nc1sc2c(c1C#N)CCCC2. The topological polar surface area (TPSA) is 52.9 Å². The Labute approximate surface area is 131 Å². The lowest BCUT2D eigenvalue weighted by Crippen LogP contribution is -2.22. The zero-order valence-corrected chi connectivity index (χ0v) is 13.8. The average Bonchev–Trinajstić information content (AvgIpc) is 2.85. The molecule has 114 valence electrons. The Morgan fingerprint density at radius 1 is 1.38 bits per heavy atom. The van der Waals surface area contributed by atoms with E-state index in [1.165, 1.54) is 16.9 Å². The Morgan fingerprint density at radius 3 is 2.81 bits per heavy atom. The number of hydrogen-bond acceptors (Lipinski definition) is 3. The molecule has 4 heteroatoms. The molecule has 1 aromatic rings. The van der Waals surface area contributed by atoms with Crippen LogP contribution in [0, 0.1) is 17.2 Å². The van der Waals surface area contributed by atoms with Crippen molar-refractivity contribution in [2.75, 3.05) is 5.32 Å². The summed E-state index contributed by atoms with van der Waals surface area (Å²) in [6.07, 6.45) is 8.37. The molecule has 2 rings (SSSR count). The van der Waals surface area contributed by atoms with Crippen molar-refractivity contribution in [1.82, 2.24) is 0 Å². The van der Waals surface area contributed by atoms with E-state index >= 15 is 0 Å². The number of amides is 1. The molecule has 0 bridgehead atoms. The Bertz CT molecular complexity index is 542. The van der Waals surface area contributed by atoms with Gasteiger partial charge in [0.1, 0.15) is 11.1 Å². The number of nitriles is 1. The zero-order chi connectivity index (χ0) is 15.2. The second kappa shape index (κ2) is 7.61. The summed E-state index contributed by atoms with van der Waals surface area (Å²) in [5, 5.41) is 13.2. The molecule has 0 saturated heterocycles. The molecule has 0 radical (unpaired) electrons. The van der Waals surface area contributed by atoms with Gasteiger partial charge in [-0.15, -0.1) is 11.3 Å². The second-order valence-corrected chi connectivity index (χ2v) is 6.87. The summed E-state index contributed by atoms with van der Waals surface area (Å²) < 4.78 is 0. The molecule has 1 atom stereocenters. The maximum atomic E-state index is 12.4. The van der Waals surface area contributed by atoms with Gasteiger partial charge in [-0.25, -0.2) is 0 Å². The molecular weight excluding hydrogens is 280 g/mol. The lowest BCUT2D eigenvalue weighted by Gasteiger charge is -2.13. The van der Waals surface area contributed by atoms with Crippen LogP contribution in [-0.2, 0) is 17.6 Å². The fraction of sp³-hybridized carbons (Fsp3) is 0.647. The quantitative estimate of drug-likeness (QED) is 0.831. The van der Waals surface area contributed by atoms with Gasteiger partial charge >= 0.3 is 0 Å². The Hall–Kier alpha value is -1.34. The van der Waals surface area contributed by atoms with Gasteiger partial charge in [-0.3, -0.25) is 4.79 Å². The van der Waals surface area contributed by atoms with E-state index in [1.807, 2.05) is 0 Å². The van der Waals surface area contributed by atoms with Crippen LogP contribution in [0.5, 0.6) is 0 Å². The van der Waals surface area contributed by atoms with Crippen LogP contribution in [0.1, 0.15) is 68.4 Å². The standard InChI is InChI=1S/C17H24N2OS/c1-3-5-8-12(4-2)16(20)19-17-14(11-18)13-9-6-7-10-15(13)21-17/h12H,3-10H2,1-2H3,(H,19,20). The number of fused-ring (bicyclic) bond motifs is 1. The first kappa shape index (κ1) is 16.0. The molecule has 0 fully saturated rings. The first-order chi connectivity index (χ1) is 10.2. The molecule has 1 amide bonds. The fourth-order valence-electron chi connectivity index (χ4n) is 2.96. The number of nitrogens with one attached hydrogen (secondary N) is 1. The minimum atomic E-state index is 0.0654. The van der Waals surface area contributed by atoms with E-state index in [0.717, 1.165) is 49.9 Å². The predicted molar refractivity (Wildman–Crippen MR) is 87.6 cm³/mol. The number of hydrogen-bond donors (Lipinski definition) is 1. The third-order valence-corrected chi connectivity index (χ3v) is 5.50. The number of carbonyl (C=O) groups excluding carboxylic acids is 1. The second-order valence-electron chi connectivity index (χ2n) is 5.76. The van der Waals surface area contributed by atoms with Crippen LogP contribution in [0.2, 0.25) is 0 Å². The molecule has 1 aliphatic carbocycles. The maximum Gasteiger partial charge on any atom is 0.228 e. The van der Waals surface area contributed by atoms with E-state index in [-0.39, 0.29) is 11.8 Å². The van der Waals surface area contributed by atoms with Crippen molar-refractivity contribution in [3.05, 3.63) is 16.0 Å².